The van der Waals surface area contributed by atoms with Crippen LogP contribution in [0.25, 0.3) is 0 Å². The second kappa shape index (κ2) is 32.5. The Labute approximate surface area is 540 Å². The summed E-state index contributed by atoms with van der Waals surface area (Å²) in [5.74, 6) is -71.2. The van der Waals surface area contributed by atoms with Gasteiger partial charge in [0.2, 0.25) is 0 Å². The molecule has 0 saturated carbocycles. The molecule has 1 N–H and O–H groups in total. The van der Waals surface area contributed by atoms with Crippen molar-refractivity contribution in [1.29, 1.82) is 0 Å². The molecular formula is C65H64B2ClF20NOZr. The molecule has 0 unspecified atom stereocenters. The first kappa shape index (κ1) is 80.8. The van der Waals surface area contributed by atoms with Gasteiger partial charge in [-0.05, 0) is 60.6 Å². The Morgan fingerprint density at radius 3 is 0.692 bits per heavy atom. The molecule has 0 amide bonds. The topological polar surface area (TPSA) is 27.5 Å². The molecule has 8 rings (SSSR count). The van der Waals surface area contributed by atoms with Gasteiger partial charge in [0.1, 0.15) is 52.7 Å². The number of hydrogen-bond donors (Lipinski definition) is 1. The van der Waals surface area contributed by atoms with Gasteiger partial charge in [0.25, 0.3) is 0 Å². The van der Waals surface area contributed by atoms with Crippen molar-refractivity contribution in [3.05, 3.63) is 236 Å². The van der Waals surface area contributed by atoms with Crippen LogP contribution in [0.5, 0.6) is 5.75 Å². The van der Waals surface area contributed by atoms with Crippen molar-refractivity contribution in [2.45, 2.75) is 130 Å². The zero-order valence-electron chi connectivity index (χ0n) is 51.6. The van der Waals surface area contributed by atoms with Crippen molar-refractivity contribution < 1.29 is 124 Å². The minimum Gasteiger partial charge on any atom is -0.872 e. The summed E-state index contributed by atoms with van der Waals surface area (Å²) in [6.07, 6.45) is -7.22. The van der Waals surface area contributed by atoms with Gasteiger partial charge in [0.05, 0.1) is 0 Å². The summed E-state index contributed by atoms with van der Waals surface area (Å²) < 4.78 is 294. The number of halogens is 21. The molecule has 0 fully saturated rings. The van der Waals surface area contributed by atoms with Gasteiger partial charge in [-0.1, -0.05) is 128 Å². The van der Waals surface area contributed by atoms with E-state index in [9.17, 15) is 57.8 Å². The van der Waals surface area contributed by atoms with Crippen LogP contribution in [0, 0.1) is 206 Å². The minimum absolute atomic E-state index is 0. The van der Waals surface area contributed by atoms with E-state index in [1.165, 1.54) is 55.6 Å². The van der Waals surface area contributed by atoms with Crippen LogP contribution >= 0.6 is 11.6 Å². The molecular weight excluding hydrogens is 1340 g/mol. The fourth-order valence-electron chi connectivity index (χ4n) is 9.93. The van der Waals surface area contributed by atoms with Crippen molar-refractivity contribution in [1.82, 2.24) is 0 Å². The number of quaternary nitrogens is 1. The summed E-state index contributed by atoms with van der Waals surface area (Å²) in [7, 11) is 0.509. The molecule has 0 saturated heterocycles. The molecule has 0 heterocycles. The van der Waals surface area contributed by atoms with Crippen molar-refractivity contribution in [2.24, 2.45) is 0 Å². The molecule has 0 aliphatic heterocycles. The van der Waals surface area contributed by atoms with Crippen LogP contribution in [0.15, 0.2) is 42.5 Å². The SMILES string of the molecule is Cc1c(C)c(C)[c-](C)c1C.Cc1c(C)c(C)[c-](C)c1C.Cc1cc(C)c([O-])c(C)c1.Clc1ccccc1.Fc1c(F)c(F)c([B-](c2c(F)c(F)c(F)c(F)c2F)(c2c(F)c(F)c(F)c(F)c2F)c2c(F)c(F)c(F)c(F)c2F)c(F)c1F.[BH3-][NH+](C(C)C)C(C)C.[Zr+4]. The largest absolute Gasteiger partial charge is 4.00 e. The average molecular weight is 1400 g/mol. The number of benzene rings is 6. The van der Waals surface area contributed by atoms with E-state index in [0.29, 0.717) is 7.98 Å². The Morgan fingerprint density at radius 1 is 0.374 bits per heavy atom. The summed E-state index contributed by atoms with van der Waals surface area (Å²) in [6.45, 7) is 36.9. The van der Waals surface area contributed by atoms with Gasteiger partial charge in [0, 0.05) is 17.1 Å². The monoisotopic (exact) mass is 1400 g/mol. The third kappa shape index (κ3) is 16.2. The van der Waals surface area contributed by atoms with E-state index in [-0.39, 0.29) is 32.0 Å². The Hall–Kier alpha value is -6.32. The second-order valence-corrected chi connectivity index (χ2v) is 22.0. The Bertz CT molecular complexity index is 3310. The van der Waals surface area contributed by atoms with E-state index in [0.717, 1.165) is 33.8 Å². The maximum absolute atomic E-state index is 15.4. The number of hydrogen-bond acceptors (Lipinski definition) is 1. The van der Waals surface area contributed by atoms with Crippen LogP contribution in [0.3, 0.4) is 0 Å². The molecule has 0 bridgehead atoms. The van der Waals surface area contributed by atoms with Gasteiger partial charge in [-0.15, -0.1) is 27.6 Å². The zero-order valence-corrected chi connectivity index (χ0v) is 54.8. The van der Waals surface area contributed by atoms with Crippen LogP contribution in [0.4, 0.5) is 87.8 Å². The van der Waals surface area contributed by atoms with Gasteiger partial charge in [-0.2, -0.15) is 55.6 Å². The quantitative estimate of drug-likeness (QED) is 0.0580. The minimum atomic E-state index is -7.22. The molecule has 91 heavy (non-hydrogen) atoms. The molecule has 0 aliphatic carbocycles. The maximum Gasteiger partial charge on any atom is 4.00 e. The molecule has 0 radical (unpaired) electrons. The van der Waals surface area contributed by atoms with E-state index in [1.54, 1.807) is 0 Å². The fraction of sp³-hybridized carbons (Fsp3) is 0.292. The third-order valence-corrected chi connectivity index (χ3v) is 15.6. The number of nitrogens with one attached hydrogen (secondary N) is 1. The first-order valence-corrected chi connectivity index (χ1v) is 27.2. The molecule has 8 aromatic rings. The standard InChI is InChI=1S/C24BF20.2C10H15.C9H12O.C6H18BN.C6H5Cl.Zr/c26-5-1(6(27)14(35)21(42)13(5)34)25(2-7(28)15(36)22(43)16(37)8(2)29,3-9(30)17(38)23(44)18(39)10(3)31)4-11(32)19(40)24(45)20(41)12(4)33;2*1-6-7(2)9(4)10(5)8(6)3;1-6-4-7(2)9(10)8(3)5-6;1-5(2)8(7)6(3)4;7-6-4-2-1-3-5-6;/h;2*1-5H3;4-5,10H,1-3H3;5-6,8H,1-4,7H3;1-5H;/q3*-1;;;;+4/p-1. The van der Waals surface area contributed by atoms with Gasteiger partial charge < -0.3 is 9.92 Å². The average Bonchev–Trinajstić information content (AvgIpc) is 1.20. The smallest absolute Gasteiger partial charge is 0.872 e. The molecule has 492 valence electrons. The molecule has 0 aromatic heterocycles. The summed E-state index contributed by atoms with van der Waals surface area (Å²) in [6, 6.07) is 15.0. The van der Waals surface area contributed by atoms with Gasteiger partial charge in [-0.3, -0.25) is 0 Å². The number of rotatable bonds is 6. The summed E-state index contributed by atoms with van der Waals surface area (Å²) >= 11 is 5.54. The normalized spacial score (nSPS) is 11.1. The molecule has 26 heteroatoms. The number of aryl methyl sites for hydroxylation is 3. The van der Waals surface area contributed by atoms with E-state index in [2.05, 4.69) is 96.9 Å². The van der Waals surface area contributed by atoms with Crippen molar-refractivity contribution >= 4 is 47.6 Å². The Kier molecular flexibility index (Phi) is 28.8. The van der Waals surface area contributed by atoms with Crippen LogP contribution in [0.2, 0.25) is 5.02 Å². The van der Waals surface area contributed by atoms with Gasteiger partial charge >= 0.3 is 26.2 Å². The molecule has 0 spiro atoms. The van der Waals surface area contributed by atoms with Gasteiger partial charge in [-0.25, -0.2) is 87.8 Å². The van der Waals surface area contributed by atoms with E-state index in [4.69, 9.17) is 11.6 Å². The third-order valence-electron chi connectivity index (χ3n) is 15.3. The Morgan fingerprint density at radius 2 is 0.560 bits per heavy atom. The van der Waals surface area contributed by atoms with Crippen molar-refractivity contribution in [3.8, 4) is 5.75 Å². The molecule has 0 atom stereocenters. The zero-order chi connectivity index (χ0) is 69.7. The van der Waals surface area contributed by atoms with Crippen LogP contribution in [0.1, 0.15) is 100 Å². The van der Waals surface area contributed by atoms with Crippen LogP contribution < -0.4 is 31.8 Å². The maximum atomic E-state index is 15.4. The van der Waals surface area contributed by atoms with E-state index >= 15 is 35.1 Å². The molecule has 0 aliphatic rings. The predicted molar refractivity (Wildman–Crippen MR) is 313 cm³/mol. The van der Waals surface area contributed by atoms with E-state index in [1.807, 2.05) is 68.0 Å². The summed E-state index contributed by atoms with van der Waals surface area (Å²) in [5, 5.41) is 11.9. The Balaban J connectivity index is 0.000000485. The van der Waals surface area contributed by atoms with E-state index < -0.39 is 144 Å². The summed E-state index contributed by atoms with van der Waals surface area (Å²) in [4.78, 5) is 1.85. The predicted octanol–water partition coefficient (Wildman–Crippen LogP) is 14.7. The van der Waals surface area contributed by atoms with Gasteiger partial charge in [0.15, 0.2) is 77.8 Å². The first-order valence-electron chi connectivity index (χ1n) is 26.8. The van der Waals surface area contributed by atoms with Crippen LogP contribution in [-0.2, 0) is 26.2 Å². The molecule has 2 nitrogen and oxygen atoms in total. The second-order valence-electron chi connectivity index (χ2n) is 21.5. The summed E-state index contributed by atoms with van der Waals surface area (Å²) in [5.41, 5.74) is 3.20. The van der Waals surface area contributed by atoms with Crippen molar-refractivity contribution in [3.63, 3.8) is 0 Å². The molecule has 8 aromatic carbocycles. The van der Waals surface area contributed by atoms with Crippen molar-refractivity contribution in [2.75, 3.05) is 0 Å². The fourth-order valence-corrected chi connectivity index (χ4v) is 10.1. The van der Waals surface area contributed by atoms with Crippen LogP contribution in [-0.4, -0.2) is 26.2 Å². The first-order chi connectivity index (χ1) is 41.4.